The van der Waals surface area contributed by atoms with Crippen LogP contribution in [0.5, 0.6) is 0 Å². The number of ether oxygens (including phenoxy) is 1. The molecule has 0 aliphatic carbocycles. The van der Waals surface area contributed by atoms with E-state index >= 15 is 0 Å². The van der Waals surface area contributed by atoms with Gasteiger partial charge in [0.25, 0.3) is 0 Å². The molecule has 0 bridgehead atoms. The Bertz CT molecular complexity index is 758. The molecule has 3 N–H and O–H groups in total. The number of carboxylic acid groups (broad SMARTS) is 1. The number of methoxy groups -OCH3 is 1. The number of nitrogens with one attached hydrogen (secondary N) is 2. The van der Waals surface area contributed by atoms with Gasteiger partial charge in [0, 0.05) is 18.4 Å². The van der Waals surface area contributed by atoms with Crippen LogP contribution in [0.4, 0.5) is 15.8 Å². The molecule has 0 unspecified atom stereocenters. The molecular formula is C15H16FN3O5. The Hall–Kier alpha value is -2.81. The van der Waals surface area contributed by atoms with Crippen LogP contribution in [0.2, 0.25) is 0 Å². The minimum atomic E-state index is -1.57. The lowest BCUT2D eigenvalue weighted by molar-refractivity contribution is -0.130. The Morgan fingerprint density at radius 3 is 2.67 bits per heavy atom. The number of fused-ring (bicyclic) bond motifs is 1. The van der Waals surface area contributed by atoms with E-state index in [-0.39, 0.29) is 17.2 Å². The fraction of sp³-hybridized carbons (Fsp3) is 0.333. The number of carboxylic acids is 1. The minimum Gasteiger partial charge on any atom is -0.476 e. The molecule has 0 atom stereocenters. The van der Waals surface area contributed by atoms with Gasteiger partial charge < -0.3 is 15.2 Å². The van der Waals surface area contributed by atoms with Gasteiger partial charge in [-0.2, -0.15) is 5.10 Å². The van der Waals surface area contributed by atoms with E-state index in [1.807, 2.05) is 0 Å². The summed E-state index contributed by atoms with van der Waals surface area (Å²) in [7, 11) is 1.23. The molecule has 24 heavy (non-hydrogen) atoms. The molecule has 1 heterocycles. The monoisotopic (exact) mass is 337 g/mol. The van der Waals surface area contributed by atoms with Gasteiger partial charge in [-0.1, -0.05) is 0 Å². The number of hydrogen-bond acceptors (Lipinski definition) is 6. The van der Waals surface area contributed by atoms with Gasteiger partial charge in [0.1, 0.15) is 6.61 Å². The number of benzene rings is 1. The van der Waals surface area contributed by atoms with Crippen LogP contribution in [0.1, 0.15) is 19.4 Å². The first-order chi connectivity index (χ1) is 11.2. The van der Waals surface area contributed by atoms with Gasteiger partial charge in [0.2, 0.25) is 17.4 Å². The van der Waals surface area contributed by atoms with E-state index < -0.39 is 35.3 Å². The number of hydrogen-bond donors (Lipinski definition) is 3. The fourth-order valence-electron chi connectivity index (χ4n) is 2.31. The minimum absolute atomic E-state index is 0.146. The molecule has 1 aromatic carbocycles. The lowest BCUT2D eigenvalue weighted by Crippen LogP contribution is -2.28. The second-order valence-corrected chi connectivity index (χ2v) is 5.66. The maximum Gasteiger partial charge on any atom is 0.360 e. The topological polar surface area (TPSA) is 117 Å². The molecule has 0 saturated carbocycles. The van der Waals surface area contributed by atoms with Crippen molar-refractivity contribution in [3.05, 3.63) is 23.5 Å². The maximum atomic E-state index is 14.7. The summed E-state index contributed by atoms with van der Waals surface area (Å²) in [5.74, 6) is -3.53. The molecule has 0 saturated heterocycles. The fourth-order valence-corrected chi connectivity index (χ4v) is 2.31. The van der Waals surface area contributed by atoms with Crippen molar-refractivity contribution in [2.24, 2.45) is 5.10 Å². The molecule has 0 fully saturated rings. The van der Waals surface area contributed by atoms with Crippen molar-refractivity contribution in [1.82, 2.24) is 0 Å². The zero-order valence-corrected chi connectivity index (χ0v) is 13.3. The molecule has 0 aromatic heterocycles. The summed E-state index contributed by atoms with van der Waals surface area (Å²) in [4.78, 5) is 34.5. The van der Waals surface area contributed by atoms with E-state index in [2.05, 4.69) is 20.6 Å². The average Bonchev–Trinajstić information content (AvgIpc) is 2.72. The molecule has 128 valence electrons. The highest BCUT2D eigenvalue weighted by Gasteiger charge is 2.41. The highest BCUT2D eigenvalue weighted by Crippen LogP contribution is 2.41. The van der Waals surface area contributed by atoms with Crippen LogP contribution in [0.3, 0.4) is 0 Å². The molecule has 0 radical (unpaired) electrons. The third-order valence-electron chi connectivity index (χ3n) is 3.61. The molecule has 1 aromatic rings. The Morgan fingerprint density at radius 2 is 2.08 bits per heavy atom. The molecule has 2 rings (SSSR count). The van der Waals surface area contributed by atoms with E-state index in [0.29, 0.717) is 5.69 Å². The van der Waals surface area contributed by atoms with Crippen LogP contribution in [-0.4, -0.2) is 42.2 Å². The van der Waals surface area contributed by atoms with Crippen LogP contribution in [0.15, 0.2) is 17.2 Å². The van der Waals surface area contributed by atoms with Crippen LogP contribution < -0.4 is 10.7 Å². The Morgan fingerprint density at radius 1 is 1.42 bits per heavy atom. The van der Waals surface area contributed by atoms with Gasteiger partial charge in [-0.25, -0.2) is 9.18 Å². The van der Waals surface area contributed by atoms with E-state index in [0.717, 1.165) is 0 Å². The summed E-state index contributed by atoms with van der Waals surface area (Å²) in [6.07, 6.45) is 0. The SMILES string of the molecule is COCC(=O)C(=NNc1ccc2c(c1F)C(C)(C)C(=O)N2)C(=O)O. The molecule has 1 aliphatic heterocycles. The van der Waals surface area contributed by atoms with E-state index in [1.54, 1.807) is 13.8 Å². The highest BCUT2D eigenvalue weighted by atomic mass is 19.1. The predicted molar refractivity (Wildman–Crippen MR) is 83.6 cm³/mol. The molecule has 8 nitrogen and oxygen atoms in total. The molecule has 1 amide bonds. The van der Waals surface area contributed by atoms with Crippen molar-refractivity contribution in [3.63, 3.8) is 0 Å². The largest absolute Gasteiger partial charge is 0.476 e. The summed E-state index contributed by atoms with van der Waals surface area (Å²) in [5.41, 5.74) is 0.671. The van der Waals surface area contributed by atoms with E-state index in [4.69, 9.17) is 5.11 Å². The zero-order chi connectivity index (χ0) is 18.1. The van der Waals surface area contributed by atoms with Gasteiger partial charge in [-0.3, -0.25) is 15.0 Å². The van der Waals surface area contributed by atoms with Gasteiger partial charge in [0.15, 0.2) is 5.82 Å². The first-order valence-corrected chi connectivity index (χ1v) is 6.93. The summed E-state index contributed by atoms with van der Waals surface area (Å²) in [6, 6.07) is 2.76. The number of anilines is 2. The summed E-state index contributed by atoms with van der Waals surface area (Å²) in [5, 5.41) is 15.0. The number of nitrogens with zero attached hydrogens (tertiary/aromatic N) is 1. The predicted octanol–water partition coefficient (Wildman–Crippen LogP) is 1.12. The van der Waals surface area contributed by atoms with Crippen molar-refractivity contribution in [2.75, 3.05) is 24.5 Å². The van der Waals surface area contributed by atoms with Gasteiger partial charge in [0.05, 0.1) is 11.1 Å². The zero-order valence-electron chi connectivity index (χ0n) is 13.3. The first-order valence-electron chi connectivity index (χ1n) is 6.93. The second kappa shape index (κ2) is 6.36. The standard InChI is InChI=1S/C15H16FN3O5/c1-15(2)10-7(17-14(15)23)4-5-8(11(10)16)18-19-12(13(21)22)9(20)6-24-3/h4-5,18H,6H2,1-3H3,(H,17,23)(H,21,22). The van der Waals surface area contributed by atoms with Crippen LogP contribution in [-0.2, 0) is 24.5 Å². The third-order valence-corrected chi connectivity index (χ3v) is 3.61. The molecular weight excluding hydrogens is 321 g/mol. The number of rotatable bonds is 6. The summed E-state index contributed by atoms with van der Waals surface area (Å²) in [6.45, 7) is 2.66. The van der Waals surface area contributed by atoms with Crippen molar-refractivity contribution in [1.29, 1.82) is 0 Å². The van der Waals surface area contributed by atoms with Gasteiger partial charge >= 0.3 is 5.97 Å². The van der Waals surface area contributed by atoms with E-state index in [1.165, 1.54) is 19.2 Å². The molecule has 0 spiro atoms. The second-order valence-electron chi connectivity index (χ2n) is 5.66. The Kier molecular flexibility index (Phi) is 4.65. The normalized spacial score (nSPS) is 15.7. The number of ketones is 1. The molecule has 1 aliphatic rings. The molecule has 9 heteroatoms. The number of halogens is 1. The first kappa shape index (κ1) is 17.5. The smallest absolute Gasteiger partial charge is 0.360 e. The lowest BCUT2D eigenvalue weighted by Gasteiger charge is -2.17. The average molecular weight is 337 g/mol. The quantitative estimate of drug-likeness (QED) is 0.407. The van der Waals surface area contributed by atoms with Gasteiger partial charge in [-0.05, 0) is 26.0 Å². The van der Waals surface area contributed by atoms with Crippen LogP contribution in [0, 0.1) is 5.82 Å². The van der Waals surface area contributed by atoms with Crippen molar-refractivity contribution in [2.45, 2.75) is 19.3 Å². The van der Waals surface area contributed by atoms with Crippen molar-refractivity contribution >= 4 is 34.7 Å². The lowest BCUT2D eigenvalue weighted by atomic mass is 9.85. The van der Waals surface area contributed by atoms with Crippen molar-refractivity contribution < 1.29 is 28.6 Å². The number of hydrazone groups is 1. The number of amides is 1. The number of aliphatic carboxylic acids is 1. The maximum absolute atomic E-state index is 14.7. The summed E-state index contributed by atoms with van der Waals surface area (Å²) < 4.78 is 19.2. The van der Waals surface area contributed by atoms with Crippen molar-refractivity contribution in [3.8, 4) is 0 Å². The Labute approximate surface area is 136 Å². The number of carbonyl (C=O) groups excluding carboxylic acids is 2. The van der Waals surface area contributed by atoms with Crippen LogP contribution >= 0.6 is 0 Å². The van der Waals surface area contributed by atoms with Gasteiger partial charge in [-0.15, -0.1) is 0 Å². The Balaban J connectivity index is 2.37. The number of Topliss-reactive ketones (excluding diaryl/α,β-unsaturated/α-hetero) is 1. The highest BCUT2D eigenvalue weighted by molar-refractivity contribution is 6.64. The summed E-state index contributed by atoms with van der Waals surface area (Å²) >= 11 is 0. The third kappa shape index (κ3) is 2.98. The van der Waals surface area contributed by atoms with E-state index in [9.17, 15) is 18.8 Å². The number of carbonyl (C=O) groups is 3. The van der Waals surface area contributed by atoms with Crippen LogP contribution in [0.25, 0.3) is 0 Å².